The largest absolute Gasteiger partial charge is 0.384 e. The fraction of sp³-hybridized carbons (Fsp3) is 0.250. The molecule has 3 aromatic rings. The lowest BCUT2D eigenvalue weighted by Crippen LogP contribution is -2.36. The molecule has 0 atom stereocenters. The molecule has 0 aliphatic carbocycles. The number of nitrogen functional groups attached to an aromatic ring is 1. The van der Waals surface area contributed by atoms with Crippen LogP contribution in [0.2, 0.25) is 0 Å². The van der Waals surface area contributed by atoms with Gasteiger partial charge in [0.25, 0.3) is 0 Å². The molecule has 8 heteroatoms. The van der Waals surface area contributed by atoms with E-state index in [0.717, 1.165) is 65.3 Å². The van der Waals surface area contributed by atoms with Crippen molar-refractivity contribution < 1.29 is 4.74 Å². The zero-order valence-electron chi connectivity index (χ0n) is 15.3. The molecule has 28 heavy (non-hydrogen) atoms. The number of allylic oxidation sites excluding steroid dienone is 2. The van der Waals surface area contributed by atoms with Gasteiger partial charge in [0, 0.05) is 31.4 Å². The van der Waals surface area contributed by atoms with E-state index < -0.39 is 0 Å². The van der Waals surface area contributed by atoms with Gasteiger partial charge in [-0.15, -0.1) is 0 Å². The first-order valence-electron chi connectivity index (χ1n) is 9.23. The summed E-state index contributed by atoms with van der Waals surface area (Å²) in [6.45, 7) is 4.02. The second-order valence-electron chi connectivity index (χ2n) is 6.67. The molecular formula is C20H20N6OS. The highest BCUT2D eigenvalue weighted by Crippen LogP contribution is 2.34. The Balaban J connectivity index is 1.48. The average molecular weight is 392 g/mol. The van der Waals surface area contributed by atoms with Crippen LogP contribution in [0.3, 0.4) is 0 Å². The van der Waals surface area contributed by atoms with Crippen molar-refractivity contribution in [2.75, 3.05) is 48.4 Å². The molecule has 0 unspecified atom stereocenters. The van der Waals surface area contributed by atoms with Gasteiger partial charge in [0.15, 0.2) is 10.8 Å². The van der Waals surface area contributed by atoms with Gasteiger partial charge in [-0.1, -0.05) is 23.5 Å². The molecule has 1 saturated heterocycles. The van der Waals surface area contributed by atoms with Gasteiger partial charge in [-0.2, -0.15) is 4.98 Å². The first kappa shape index (κ1) is 17.2. The molecule has 2 N–H and O–H groups in total. The van der Waals surface area contributed by atoms with Crippen molar-refractivity contribution in [2.24, 2.45) is 0 Å². The van der Waals surface area contributed by atoms with Crippen molar-refractivity contribution in [2.45, 2.75) is 0 Å². The van der Waals surface area contributed by atoms with E-state index in [2.05, 4.69) is 44.1 Å². The minimum atomic E-state index is 0.519. The molecular weight excluding hydrogens is 372 g/mol. The van der Waals surface area contributed by atoms with Gasteiger partial charge < -0.3 is 20.3 Å². The molecule has 0 aromatic carbocycles. The Bertz CT molecular complexity index is 1050. The quantitative estimate of drug-likeness (QED) is 0.734. The second-order valence-corrected chi connectivity index (χ2v) is 7.68. The Labute approximate surface area is 166 Å². The van der Waals surface area contributed by atoms with Crippen LogP contribution in [-0.2, 0) is 4.74 Å². The monoisotopic (exact) mass is 392 g/mol. The Kier molecular flexibility index (Phi) is 4.42. The van der Waals surface area contributed by atoms with Crippen LogP contribution in [0.5, 0.6) is 0 Å². The third-order valence-electron chi connectivity index (χ3n) is 4.87. The highest BCUT2D eigenvalue weighted by Gasteiger charge is 2.19. The smallest absolute Gasteiger partial charge is 0.188 e. The summed E-state index contributed by atoms with van der Waals surface area (Å²) in [4.78, 5) is 18.1. The fourth-order valence-corrected chi connectivity index (χ4v) is 4.41. The molecule has 7 nitrogen and oxygen atoms in total. The van der Waals surface area contributed by atoms with Gasteiger partial charge in [-0.05, 0) is 24.3 Å². The lowest BCUT2D eigenvalue weighted by atomic mass is 10.1. The molecule has 0 amide bonds. The van der Waals surface area contributed by atoms with Crippen molar-refractivity contribution >= 4 is 44.0 Å². The van der Waals surface area contributed by atoms with E-state index in [1.54, 1.807) is 11.3 Å². The van der Waals surface area contributed by atoms with E-state index in [1.807, 2.05) is 24.5 Å². The Morgan fingerprint density at radius 1 is 1.11 bits per heavy atom. The maximum atomic E-state index is 5.74. The summed E-state index contributed by atoms with van der Waals surface area (Å²) in [5.41, 5.74) is 9.68. The maximum Gasteiger partial charge on any atom is 0.188 e. The lowest BCUT2D eigenvalue weighted by molar-refractivity contribution is 0.122. The summed E-state index contributed by atoms with van der Waals surface area (Å²) >= 11 is 1.68. The second kappa shape index (κ2) is 7.21. The van der Waals surface area contributed by atoms with Crippen molar-refractivity contribution in [3.8, 4) is 0 Å². The van der Waals surface area contributed by atoms with Crippen LogP contribution in [0, 0.1) is 0 Å². The zero-order valence-corrected chi connectivity index (χ0v) is 16.1. The van der Waals surface area contributed by atoms with Gasteiger partial charge in [0.1, 0.15) is 5.82 Å². The van der Waals surface area contributed by atoms with Crippen LogP contribution in [0.1, 0.15) is 5.56 Å². The highest BCUT2D eigenvalue weighted by molar-refractivity contribution is 7.22. The zero-order chi connectivity index (χ0) is 18.9. The van der Waals surface area contributed by atoms with Crippen LogP contribution in [0.15, 0.2) is 48.8 Å². The number of nitrogens with two attached hydrogens (primary N) is 1. The number of rotatable bonds is 3. The maximum absolute atomic E-state index is 5.74. The predicted octanol–water partition coefficient (Wildman–Crippen LogP) is 2.92. The lowest BCUT2D eigenvalue weighted by Gasteiger charge is -2.28. The number of nitrogens with zero attached hydrogens (tertiary/aromatic N) is 5. The predicted molar refractivity (Wildman–Crippen MR) is 114 cm³/mol. The fourth-order valence-electron chi connectivity index (χ4n) is 3.40. The SMILES string of the molecule is Nc1ccc(C2=CC=CCN2c2cnc3nc(N4CCOCC4)sc3c2)cn1. The standard InChI is InChI=1S/C20H20N6OS/c21-18-5-4-14(12-22-18)16-3-1-2-6-26(16)15-11-17-19(23-13-15)24-20(28-17)25-7-9-27-10-8-25/h1-5,11-13H,6-10H2,(H2,21,22). The summed E-state index contributed by atoms with van der Waals surface area (Å²) in [5, 5.41) is 1.01. The van der Waals surface area contributed by atoms with E-state index in [0.29, 0.717) is 5.82 Å². The molecule has 0 spiro atoms. The van der Waals surface area contributed by atoms with Gasteiger partial charge in [0.05, 0.1) is 35.5 Å². The molecule has 2 aliphatic rings. The molecule has 0 saturated carbocycles. The van der Waals surface area contributed by atoms with Gasteiger partial charge in [-0.3, -0.25) is 0 Å². The molecule has 0 radical (unpaired) electrons. The Morgan fingerprint density at radius 2 is 2.00 bits per heavy atom. The number of morpholine rings is 1. The summed E-state index contributed by atoms with van der Waals surface area (Å²) < 4.78 is 6.53. The van der Waals surface area contributed by atoms with Crippen LogP contribution in [0.4, 0.5) is 16.6 Å². The van der Waals surface area contributed by atoms with Gasteiger partial charge in [0.2, 0.25) is 0 Å². The summed E-state index contributed by atoms with van der Waals surface area (Å²) in [5.74, 6) is 0.519. The number of aromatic nitrogens is 3. The molecule has 5 rings (SSSR count). The molecule has 142 valence electrons. The number of anilines is 3. The highest BCUT2D eigenvalue weighted by atomic mass is 32.1. The number of ether oxygens (including phenoxy) is 1. The minimum absolute atomic E-state index is 0.519. The summed E-state index contributed by atoms with van der Waals surface area (Å²) in [6.07, 6.45) is 9.99. The molecule has 1 fully saturated rings. The van der Waals surface area contributed by atoms with E-state index in [9.17, 15) is 0 Å². The third-order valence-corrected chi connectivity index (χ3v) is 5.92. The number of hydrogen-bond donors (Lipinski definition) is 1. The molecule has 3 aromatic heterocycles. The molecule has 5 heterocycles. The number of thiazole rings is 1. The van der Waals surface area contributed by atoms with Crippen LogP contribution < -0.4 is 15.5 Å². The van der Waals surface area contributed by atoms with Crippen LogP contribution >= 0.6 is 11.3 Å². The Hall–Kier alpha value is -2.97. The van der Waals surface area contributed by atoms with Crippen LogP contribution in [-0.4, -0.2) is 47.8 Å². The normalized spacial score (nSPS) is 17.2. The van der Waals surface area contributed by atoms with E-state index >= 15 is 0 Å². The molecule has 2 aliphatic heterocycles. The minimum Gasteiger partial charge on any atom is -0.384 e. The number of fused-ring (bicyclic) bond motifs is 1. The van der Waals surface area contributed by atoms with Gasteiger partial charge >= 0.3 is 0 Å². The Morgan fingerprint density at radius 3 is 2.82 bits per heavy atom. The number of pyridine rings is 2. The first-order valence-corrected chi connectivity index (χ1v) is 10.1. The summed E-state index contributed by atoms with van der Waals surface area (Å²) in [6, 6.07) is 5.99. The van der Waals surface area contributed by atoms with Crippen molar-refractivity contribution in [1.29, 1.82) is 0 Å². The summed E-state index contributed by atoms with van der Waals surface area (Å²) in [7, 11) is 0. The van der Waals surface area contributed by atoms with E-state index in [4.69, 9.17) is 15.5 Å². The van der Waals surface area contributed by atoms with Crippen LogP contribution in [0.25, 0.3) is 16.0 Å². The van der Waals surface area contributed by atoms with Crippen molar-refractivity contribution in [1.82, 2.24) is 15.0 Å². The van der Waals surface area contributed by atoms with E-state index in [-0.39, 0.29) is 0 Å². The molecule has 0 bridgehead atoms. The van der Waals surface area contributed by atoms with E-state index in [1.165, 1.54) is 0 Å². The third kappa shape index (κ3) is 3.21. The average Bonchev–Trinajstić information content (AvgIpc) is 3.18. The first-order chi connectivity index (χ1) is 13.8. The number of hydrogen-bond acceptors (Lipinski definition) is 8. The van der Waals surface area contributed by atoms with Crippen molar-refractivity contribution in [3.05, 3.63) is 54.4 Å². The van der Waals surface area contributed by atoms with Gasteiger partial charge in [-0.25, -0.2) is 9.97 Å². The topological polar surface area (TPSA) is 80.4 Å². The van der Waals surface area contributed by atoms with Crippen molar-refractivity contribution in [3.63, 3.8) is 0 Å².